The van der Waals surface area contributed by atoms with Crippen LogP contribution in [0.5, 0.6) is 11.6 Å². The van der Waals surface area contributed by atoms with E-state index in [1.807, 2.05) is 43.3 Å². The Balaban J connectivity index is 1.69. The Hall–Kier alpha value is -2.22. The summed E-state index contributed by atoms with van der Waals surface area (Å²) in [6, 6.07) is 12.5. The molecule has 3 aromatic rings. The Kier molecular flexibility index (Phi) is 5.94. The van der Waals surface area contributed by atoms with Crippen LogP contribution in [-0.2, 0) is 12.7 Å². The van der Waals surface area contributed by atoms with Gasteiger partial charge >= 0.3 is 6.18 Å². The lowest BCUT2D eigenvalue weighted by Crippen LogP contribution is -2.13. The number of alkyl halides is 3. The number of aromatic nitrogens is 2. The molecule has 3 rings (SSSR count). The van der Waals surface area contributed by atoms with E-state index in [2.05, 4.69) is 21.0 Å². The number of hydrogen-bond acceptors (Lipinski definition) is 3. The lowest BCUT2D eigenvalue weighted by molar-refractivity contribution is -0.141. The first kappa shape index (κ1) is 19.5. The monoisotopic (exact) mass is 442 g/mol. The third kappa shape index (κ3) is 4.94. The summed E-state index contributed by atoms with van der Waals surface area (Å²) >= 11 is 3.43. The second-order valence-electron chi connectivity index (χ2n) is 5.94. The van der Waals surface area contributed by atoms with Gasteiger partial charge < -0.3 is 9.47 Å². The molecule has 8 heteroatoms. The molecule has 0 radical (unpaired) electrons. The maximum Gasteiger partial charge on any atom is 0.435 e. The second-order valence-corrected chi connectivity index (χ2v) is 6.85. The van der Waals surface area contributed by atoms with Crippen molar-refractivity contribution >= 4 is 26.7 Å². The standard InChI is InChI=1S/C19H18BrF3N2O2/c1-2-8-27-18-12-17(19(21,22)23)24-25(18)7-9-26-16-6-4-13-10-15(20)5-3-14(13)11-16/h3-6,10-12H,2,7-9H2,1H3. The maximum atomic E-state index is 12.9. The highest BCUT2D eigenvalue weighted by Crippen LogP contribution is 2.31. The average Bonchev–Trinajstić information content (AvgIpc) is 3.03. The molecule has 0 N–H and O–H groups in total. The fraction of sp³-hybridized carbons (Fsp3) is 0.316. The molecule has 144 valence electrons. The van der Waals surface area contributed by atoms with Gasteiger partial charge in [0.2, 0.25) is 5.88 Å². The molecule has 2 aromatic carbocycles. The van der Waals surface area contributed by atoms with Crippen LogP contribution in [0.25, 0.3) is 10.8 Å². The summed E-state index contributed by atoms with van der Waals surface area (Å²) in [4.78, 5) is 0. The van der Waals surface area contributed by atoms with Gasteiger partial charge in [-0.05, 0) is 41.5 Å². The number of hydrogen-bond donors (Lipinski definition) is 0. The van der Waals surface area contributed by atoms with Crippen LogP contribution in [0.15, 0.2) is 46.9 Å². The van der Waals surface area contributed by atoms with E-state index in [0.29, 0.717) is 18.8 Å². The van der Waals surface area contributed by atoms with Gasteiger partial charge in [-0.2, -0.15) is 18.3 Å². The summed E-state index contributed by atoms with van der Waals surface area (Å²) in [5.41, 5.74) is -0.968. The second kappa shape index (κ2) is 8.21. The van der Waals surface area contributed by atoms with Gasteiger partial charge in [-0.25, -0.2) is 4.68 Å². The van der Waals surface area contributed by atoms with E-state index in [4.69, 9.17) is 9.47 Å². The Morgan fingerprint density at radius 3 is 2.48 bits per heavy atom. The Morgan fingerprint density at radius 1 is 1.00 bits per heavy atom. The molecule has 0 unspecified atom stereocenters. The summed E-state index contributed by atoms with van der Waals surface area (Å²) in [6.45, 7) is 2.52. The van der Waals surface area contributed by atoms with Crippen LogP contribution < -0.4 is 9.47 Å². The summed E-state index contributed by atoms with van der Waals surface area (Å²) in [6.07, 6.45) is -3.82. The molecule has 0 saturated heterocycles. The van der Waals surface area contributed by atoms with Crippen LogP contribution in [0.3, 0.4) is 0 Å². The molecule has 27 heavy (non-hydrogen) atoms. The van der Waals surface area contributed by atoms with Gasteiger partial charge in [0.05, 0.1) is 13.2 Å². The molecule has 0 aliphatic heterocycles. The fourth-order valence-electron chi connectivity index (χ4n) is 2.56. The van der Waals surface area contributed by atoms with E-state index in [1.165, 1.54) is 4.68 Å². The van der Waals surface area contributed by atoms with Crippen molar-refractivity contribution in [3.8, 4) is 11.6 Å². The van der Waals surface area contributed by atoms with Crippen LogP contribution in [0.4, 0.5) is 13.2 Å². The van der Waals surface area contributed by atoms with Crippen molar-refractivity contribution in [3.05, 3.63) is 52.6 Å². The highest BCUT2D eigenvalue weighted by molar-refractivity contribution is 9.10. The first-order valence-electron chi connectivity index (χ1n) is 8.47. The smallest absolute Gasteiger partial charge is 0.435 e. The van der Waals surface area contributed by atoms with Crippen LogP contribution in [0.1, 0.15) is 19.0 Å². The minimum absolute atomic E-state index is 0.0936. The van der Waals surface area contributed by atoms with Crippen molar-refractivity contribution in [2.24, 2.45) is 0 Å². The molecule has 4 nitrogen and oxygen atoms in total. The van der Waals surface area contributed by atoms with Crippen molar-refractivity contribution in [2.75, 3.05) is 13.2 Å². The number of nitrogens with zero attached hydrogens (tertiary/aromatic N) is 2. The lowest BCUT2D eigenvalue weighted by atomic mass is 10.1. The zero-order chi connectivity index (χ0) is 19.4. The third-order valence-electron chi connectivity index (χ3n) is 3.83. The van der Waals surface area contributed by atoms with E-state index >= 15 is 0 Å². The van der Waals surface area contributed by atoms with E-state index in [0.717, 1.165) is 21.3 Å². The number of benzene rings is 2. The predicted octanol–water partition coefficient (Wildman–Crippen LogP) is 5.69. The number of fused-ring (bicyclic) bond motifs is 1. The van der Waals surface area contributed by atoms with Crippen molar-refractivity contribution < 1.29 is 22.6 Å². The largest absolute Gasteiger partial charge is 0.492 e. The summed E-state index contributed by atoms with van der Waals surface area (Å²) in [7, 11) is 0. The minimum Gasteiger partial charge on any atom is -0.492 e. The van der Waals surface area contributed by atoms with Crippen LogP contribution >= 0.6 is 15.9 Å². The highest BCUT2D eigenvalue weighted by atomic mass is 79.9. The molecule has 0 bridgehead atoms. The molecule has 1 heterocycles. The normalized spacial score (nSPS) is 11.7. The fourth-order valence-corrected chi connectivity index (χ4v) is 2.93. The lowest BCUT2D eigenvalue weighted by Gasteiger charge is -2.10. The molecular weight excluding hydrogens is 425 g/mol. The Morgan fingerprint density at radius 2 is 1.74 bits per heavy atom. The molecule has 0 atom stereocenters. The molecule has 0 aliphatic rings. The molecule has 1 aromatic heterocycles. The molecule has 0 saturated carbocycles. The quantitative estimate of drug-likeness (QED) is 0.471. The van der Waals surface area contributed by atoms with Gasteiger partial charge in [0.25, 0.3) is 0 Å². The zero-order valence-corrected chi connectivity index (χ0v) is 16.2. The first-order chi connectivity index (χ1) is 12.9. The van der Waals surface area contributed by atoms with Gasteiger partial charge in [0.1, 0.15) is 12.4 Å². The van der Waals surface area contributed by atoms with Gasteiger partial charge in [-0.15, -0.1) is 0 Å². The molecule has 0 spiro atoms. The van der Waals surface area contributed by atoms with E-state index < -0.39 is 11.9 Å². The van der Waals surface area contributed by atoms with E-state index in [1.54, 1.807) is 0 Å². The number of halogens is 4. The Labute approximate surface area is 163 Å². The minimum atomic E-state index is -4.51. The van der Waals surface area contributed by atoms with Crippen LogP contribution in [0, 0.1) is 0 Å². The Bertz CT molecular complexity index is 925. The summed E-state index contributed by atoms with van der Waals surface area (Å²) < 4.78 is 52.0. The summed E-state index contributed by atoms with van der Waals surface area (Å²) in [5.74, 6) is 0.736. The number of rotatable bonds is 7. The van der Waals surface area contributed by atoms with Crippen molar-refractivity contribution in [1.82, 2.24) is 9.78 Å². The van der Waals surface area contributed by atoms with Crippen LogP contribution in [0.2, 0.25) is 0 Å². The van der Waals surface area contributed by atoms with E-state index in [9.17, 15) is 13.2 Å². The van der Waals surface area contributed by atoms with Gasteiger partial charge in [-0.1, -0.05) is 35.0 Å². The maximum absolute atomic E-state index is 12.9. The number of ether oxygens (including phenoxy) is 2. The topological polar surface area (TPSA) is 36.3 Å². The molecule has 0 aliphatic carbocycles. The summed E-state index contributed by atoms with van der Waals surface area (Å²) in [5, 5.41) is 5.69. The SMILES string of the molecule is CCCOc1cc(C(F)(F)F)nn1CCOc1ccc2cc(Br)ccc2c1. The van der Waals surface area contributed by atoms with Gasteiger partial charge in [-0.3, -0.25) is 0 Å². The van der Waals surface area contributed by atoms with Crippen molar-refractivity contribution in [1.29, 1.82) is 0 Å². The van der Waals surface area contributed by atoms with Gasteiger partial charge in [0.15, 0.2) is 5.69 Å². The zero-order valence-electron chi connectivity index (χ0n) is 14.6. The van der Waals surface area contributed by atoms with Crippen molar-refractivity contribution in [3.63, 3.8) is 0 Å². The van der Waals surface area contributed by atoms with E-state index in [-0.39, 0.29) is 19.0 Å². The van der Waals surface area contributed by atoms with Crippen molar-refractivity contribution in [2.45, 2.75) is 26.1 Å². The average molecular weight is 443 g/mol. The van der Waals surface area contributed by atoms with Crippen LogP contribution in [-0.4, -0.2) is 23.0 Å². The molecular formula is C19H18BrF3N2O2. The predicted molar refractivity (Wildman–Crippen MR) is 100 cm³/mol. The molecule has 0 amide bonds. The first-order valence-corrected chi connectivity index (χ1v) is 9.26. The third-order valence-corrected chi connectivity index (χ3v) is 4.33. The highest BCUT2D eigenvalue weighted by Gasteiger charge is 2.35. The van der Waals surface area contributed by atoms with Gasteiger partial charge in [0, 0.05) is 10.5 Å². The molecule has 0 fully saturated rings.